The second-order valence-corrected chi connectivity index (χ2v) is 5.84. The molecule has 18 heavy (non-hydrogen) atoms. The summed E-state index contributed by atoms with van der Waals surface area (Å²) < 4.78 is 5.31. The molecular formula is C16H21NO. The minimum Gasteiger partial charge on any atom is -0.469 e. The largest absolute Gasteiger partial charge is 0.469 e. The van der Waals surface area contributed by atoms with Crippen molar-refractivity contribution in [3.8, 4) is 0 Å². The molecule has 2 rings (SSSR count). The molecule has 1 unspecified atom stereocenters. The number of benzene rings is 1. The molecular weight excluding hydrogens is 222 g/mol. The molecule has 0 saturated heterocycles. The molecule has 2 nitrogen and oxygen atoms in total. The van der Waals surface area contributed by atoms with Crippen molar-refractivity contribution in [3.63, 3.8) is 0 Å². The molecule has 1 heterocycles. The zero-order valence-electron chi connectivity index (χ0n) is 11.5. The van der Waals surface area contributed by atoms with Crippen LogP contribution >= 0.6 is 0 Å². The summed E-state index contributed by atoms with van der Waals surface area (Å²) in [5.74, 6) is 0.895. The topological polar surface area (TPSA) is 39.2 Å². The summed E-state index contributed by atoms with van der Waals surface area (Å²) in [6.07, 6.45) is 1.73. The van der Waals surface area contributed by atoms with Crippen LogP contribution in [0.3, 0.4) is 0 Å². The molecule has 0 aliphatic carbocycles. The lowest BCUT2D eigenvalue weighted by Crippen LogP contribution is -2.13. The Bertz CT molecular complexity index is 517. The van der Waals surface area contributed by atoms with Crippen LogP contribution in [0.15, 0.2) is 41.0 Å². The van der Waals surface area contributed by atoms with E-state index in [1.165, 1.54) is 5.56 Å². The molecule has 0 bridgehead atoms. The van der Waals surface area contributed by atoms with E-state index in [9.17, 15) is 0 Å². The van der Waals surface area contributed by atoms with Crippen LogP contribution in [0.25, 0.3) is 0 Å². The van der Waals surface area contributed by atoms with E-state index in [1.54, 1.807) is 6.26 Å². The molecule has 0 spiro atoms. The third-order valence-electron chi connectivity index (χ3n) is 3.25. The normalized spacial score (nSPS) is 13.6. The summed E-state index contributed by atoms with van der Waals surface area (Å²) in [5.41, 5.74) is 9.86. The highest BCUT2D eigenvalue weighted by Gasteiger charge is 2.15. The fourth-order valence-electron chi connectivity index (χ4n) is 2.01. The van der Waals surface area contributed by atoms with Crippen LogP contribution in [-0.4, -0.2) is 0 Å². The third kappa shape index (κ3) is 2.65. The Kier molecular flexibility index (Phi) is 3.31. The van der Waals surface area contributed by atoms with Crippen LogP contribution in [0.4, 0.5) is 0 Å². The molecule has 1 aromatic carbocycles. The van der Waals surface area contributed by atoms with Crippen molar-refractivity contribution in [2.45, 2.75) is 39.2 Å². The van der Waals surface area contributed by atoms with E-state index in [-0.39, 0.29) is 11.5 Å². The minimum absolute atomic E-state index is 0.114. The summed E-state index contributed by atoms with van der Waals surface area (Å²) >= 11 is 0. The van der Waals surface area contributed by atoms with Crippen molar-refractivity contribution < 1.29 is 4.42 Å². The summed E-state index contributed by atoms with van der Waals surface area (Å²) in [6, 6.07) is 10.4. The minimum atomic E-state index is -0.114. The van der Waals surface area contributed by atoms with Crippen LogP contribution in [0, 0.1) is 6.92 Å². The average Bonchev–Trinajstić information content (AvgIpc) is 2.74. The Morgan fingerprint density at radius 1 is 1.06 bits per heavy atom. The maximum Gasteiger partial charge on any atom is 0.101 e. The highest BCUT2D eigenvalue weighted by atomic mass is 16.3. The van der Waals surface area contributed by atoms with Crippen LogP contribution in [0.1, 0.15) is 49.3 Å². The fourth-order valence-corrected chi connectivity index (χ4v) is 2.01. The van der Waals surface area contributed by atoms with Gasteiger partial charge in [0, 0.05) is 5.56 Å². The van der Waals surface area contributed by atoms with E-state index in [1.807, 2.05) is 13.0 Å². The van der Waals surface area contributed by atoms with Gasteiger partial charge in [0.15, 0.2) is 0 Å². The van der Waals surface area contributed by atoms with Gasteiger partial charge in [-0.2, -0.15) is 0 Å². The third-order valence-corrected chi connectivity index (χ3v) is 3.25. The van der Waals surface area contributed by atoms with Gasteiger partial charge in [-0.05, 0) is 29.5 Å². The van der Waals surface area contributed by atoms with Crippen molar-refractivity contribution >= 4 is 0 Å². The quantitative estimate of drug-likeness (QED) is 0.868. The molecule has 1 atom stereocenters. The van der Waals surface area contributed by atoms with Crippen LogP contribution in [0.5, 0.6) is 0 Å². The first kappa shape index (κ1) is 12.9. The number of nitrogens with two attached hydrogens (primary N) is 1. The number of rotatable bonds is 2. The number of hydrogen-bond donors (Lipinski definition) is 1. The first-order valence-corrected chi connectivity index (χ1v) is 6.29. The summed E-state index contributed by atoms with van der Waals surface area (Å²) in [6.45, 7) is 8.56. The van der Waals surface area contributed by atoms with E-state index < -0.39 is 0 Å². The lowest BCUT2D eigenvalue weighted by Gasteiger charge is -2.20. The van der Waals surface area contributed by atoms with Crippen molar-refractivity contribution in [3.05, 3.63) is 59.0 Å². The first-order chi connectivity index (χ1) is 8.38. The predicted molar refractivity (Wildman–Crippen MR) is 74.6 cm³/mol. The molecule has 2 N–H and O–H groups in total. The van der Waals surface area contributed by atoms with Crippen molar-refractivity contribution in [1.29, 1.82) is 0 Å². The smallest absolute Gasteiger partial charge is 0.101 e. The lowest BCUT2D eigenvalue weighted by atomic mass is 9.86. The summed E-state index contributed by atoms with van der Waals surface area (Å²) in [5, 5.41) is 0. The molecule has 0 radical (unpaired) electrons. The number of furan rings is 1. The van der Waals surface area contributed by atoms with Crippen LogP contribution in [0.2, 0.25) is 0 Å². The summed E-state index contributed by atoms with van der Waals surface area (Å²) in [4.78, 5) is 0. The number of hydrogen-bond acceptors (Lipinski definition) is 2. The van der Waals surface area contributed by atoms with Crippen molar-refractivity contribution in [1.82, 2.24) is 0 Å². The second-order valence-electron chi connectivity index (χ2n) is 5.84. The van der Waals surface area contributed by atoms with E-state index in [0.29, 0.717) is 0 Å². The zero-order chi connectivity index (χ0) is 13.3. The maximum atomic E-state index is 6.23. The molecule has 0 fully saturated rings. The van der Waals surface area contributed by atoms with E-state index in [2.05, 4.69) is 45.0 Å². The summed E-state index contributed by atoms with van der Waals surface area (Å²) in [7, 11) is 0. The van der Waals surface area contributed by atoms with Gasteiger partial charge in [-0.1, -0.05) is 45.0 Å². The fraction of sp³-hybridized carbons (Fsp3) is 0.375. The van der Waals surface area contributed by atoms with Gasteiger partial charge < -0.3 is 10.2 Å². The van der Waals surface area contributed by atoms with E-state index >= 15 is 0 Å². The predicted octanol–water partition coefficient (Wildman–Crippen LogP) is 3.93. The van der Waals surface area contributed by atoms with Crippen LogP contribution < -0.4 is 5.73 Å². The molecule has 2 aromatic rings. The van der Waals surface area contributed by atoms with E-state index in [4.69, 9.17) is 10.2 Å². The van der Waals surface area contributed by atoms with Crippen molar-refractivity contribution in [2.24, 2.45) is 5.73 Å². The molecule has 0 aliphatic rings. The van der Waals surface area contributed by atoms with Gasteiger partial charge in [0.05, 0.1) is 12.3 Å². The monoisotopic (exact) mass is 243 g/mol. The van der Waals surface area contributed by atoms with Gasteiger partial charge in [0.1, 0.15) is 5.76 Å². The standard InChI is InChI=1S/C16H21NO/c1-11-9-13(10-18-11)15(17)12-5-7-14(8-6-12)16(2,3)4/h5-10,15H,17H2,1-4H3. The molecule has 2 heteroatoms. The highest BCUT2D eigenvalue weighted by Crippen LogP contribution is 2.26. The Hall–Kier alpha value is -1.54. The molecule has 96 valence electrons. The van der Waals surface area contributed by atoms with Gasteiger partial charge in [-0.3, -0.25) is 0 Å². The Morgan fingerprint density at radius 2 is 1.67 bits per heavy atom. The lowest BCUT2D eigenvalue weighted by molar-refractivity contribution is 0.530. The van der Waals surface area contributed by atoms with Gasteiger partial charge in [0.25, 0.3) is 0 Å². The number of aryl methyl sites for hydroxylation is 1. The Labute approximate surface area is 109 Å². The highest BCUT2D eigenvalue weighted by molar-refractivity contribution is 5.34. The van der Waals surface area contributed by atoms with Crippen LogP contribution in [-0.2, 0) is 5.41 Å². The van der Waals surface area contributed by atoms with Gasteiger partial charge in [0.2, 0.25) is 0 Å². The van der Waals surface area contributed by atoms with Crippen molar-refractivity contribution in [2.75, 3.05) is 0 Å². The second kappa shape index (κ2) is 4.62. The zero-order valence-corrected chi connectivity index (χ0v) is 11.5. The first-order valence-electron chi connectivity index (χ1n) is 6.29. The van der Waals surface area contributed by atoms with Gasteiger partial charge in [-0.15, -0.1) is 0 Å². The van der Waals surface area contributed by atoms with Gasteiger partial charge >= 0.3 is 0 Å². The average molecular weight is 243 g/mol. The Balaban J connectivity index is 2.24. The molecule has 0 aliphatic heterocycles. The maximum absolute atomic E-state index is 6.23. The van der Waals surface area contributed by atoms with Gasteiger partial charge in [-0.25, -0.2) is 0 Å². The van der Waals surface area contributed by atoms with E-state index in [0.717, 1.165) is 16.9 Å². The molecule has 0 amide bonds. The SMILES string of the molecule is Cc1cc(C(N)c2ccc(C(C)(C)C)cc2)co1. The molecule has 0 saturated carbocycles. The molecule has 1 aromatic heterocycles. The Morgan fingerprint density at radius 3 is 2.11 bits per heavy atom.